The maximum Gasteiger partial charge on any atom is 0.260 e. The molecule has 0 aliphatic rings. The summed E-state index contributed by atoms with van der Waals surface area (Å²) < 4.78 is 26.8. The highest BCUT2D eigenvalue weighted by Gasteiger charge is 2.31. The molecule has 0 aliphatic heterocycles. The molecule has 1 heterocycles. The average molecular weight is 313 g/mol. The summed E-state index contributed by atoms with van der Waals surface area (Å²) >= 11 is 0. The first kappa shape index (κ1) is 18.1. The highest BCUT2D eigenvalue weighted by atomic mass is 32.2. The van der Waals surface area contributed by atoms with E-state index in [2.05, 4.69) is 31.1 Å². The van der Waals surface area contributed by atoms with Crippen LogP contribution in [0.1, 0.15) is 34.6 Å². The first-order valence-electron chi connectivity index (χ1n) is 7.38. The van der Waals surface area contributed by atoms with Crippen LogP contribution < -0.4 is 5.32 Å². The van der Waals surface area contributed by atoms with Crippen LogP contribution in [0.4, 0.5) is 0 Å². The second-order valence-corrected chi connectivity index (χ2v) is 7.98. The number of likely N-dealkylation sites (N-methyl/N-ethyl adjacent to an activating group) is 2. The molecule has 0 amide bonds. The quantitative estimate of drug-likeness (QED) is 0.837. The molecule has 1 N–H and O–H groups in total. The molecular formula is C15H27N3O2S. The summed E-state index contributed by atoms with van der Waals surface area (Å²) in [6.45, 7) is 11.9. The molecule has 0 aliphatic carbocycles. The van der Waals surface area contributed by atoms with Gasteiger partial charge in [0.2, 0.25) is 0 Å². The van der Waals surface area contributed by atoms with Gasteiger partial charge in [0.25, 0.3) is 10.0 Å². The molecule has 0 spiro atoms. The SMILES string of the molecule is CCN[C@H](CN(CC)S(=O)(=O)c1ccccn1)C(C)(C)C. The molecular weight excluding hydrogens is 286 g/mol. The Morgan fingerprint density at radius 2 is 1.95 bits per heavy atom. The van der Waals surface area contributed by atoms with Crippen molar-refractivity contribution in [2.45, 2.75) is 45.7 Å². The Hall–Kier alpha value is -0.980. The summed E-state index contributed by atoms with van der Waals surface area (Å²) in [5, 5.41) is 3.49. The fourth-order valence-corrected chi connectivity index (χ4v) is 3.52. The Balaban J connectivity index is 3.02. The second kappa shape index (κ2) is 7.33. The Bertz CT molecular complexity index is 524. The summed E-state index contributed by atoms with van der Waals surface area (Å²) in [5.74, 6) is 0. The van der Waals surface area contributed by atoms with E-state index in [-0.39, 0.29) is 16.5 Å². The van der Waals surface area contributed by atoms with Crippen LogP contribution in [-0.4, -0.2) is 43.4 Å². The van der Waals surface area contributed by atoms with Crippen LogP contribution in [0.15, 0.2) is 29.4 Å². The van der Waals surface area contributed by atoms with Crippen molar-refractivity contribution < 1.29 is 8.42 Å². The predicted octanol–water partition coefficient (Wildman–Crippen LogP) is 2.12. The molecule has 1 aromatic heterocycles. The molecule has 21 heavy (non-hydrogen) atoms. The lowest BCUT2D eigenvalue weighted by molar-refractivity contribution is 0.229. The third-order valence-corrected chi connectivity index (χ3v) is 5.33. The van der Waals surface area contributed by atoms with Gasteiger partial charge in [0.05, 0.1) is 0 Å². The van der Waals surface area contributed by atoms with Crippen LogP contribution >= 0.6 is 0 Å². The van der Waals surface area contributed by atoms with Crippen LogP contribution in [0, 0.1) is 5.41 Å². The van der Waals surface area contributed by atoms with Gasteiger partial charge in [-0.3, -0.25) is 0 Å². The van der Waals surface area contributed by atoms with Crippen molar-refractivity contribution in [3.63, 3.8) is 0 Å². The standard InChI is InChI=1S/C15H27N3O2S/c1-6-16-13(15(3,4)5)12-18(7-2)21(19,20)14-10-8-9-11-17-14/h8-11,13,16H,6-7,12H2,1-5H3/t13-/m1/s1. The number of sulfonamides is 1. The van der Waals surface area contributed by atoms with E-state index in [0.29, 0.717) is 13.1 Å². The molecule has 1 rings (SSSR count). The number of hydrogen-bond donors (Lipinski definition) is 1. The van der Waals surface area contributed by atoms with E-state index in [1.165, 1.54) is 16.6 Å². The lowest BCUT2D eigenvalue weighted by Gasteiger charge is -2.35. The molecule has 5 nitrogen and oxygen atoms in total. The van der Waals surface area contributed by atoms with Crippen LogP contribution in [0.3, 0.4) is 0 Å². The van der Waals surface area contributed by atoms with E-state index in [0.717, 1.165) is 6.54 Å². The maximum atomic E-state index is 12.7. The highest BCUT2D eigenvalue weighted by molar-refractivity contribution is 7.89. The molecule has 0 saturated carbocycles. The largest absolute Gasteiger partial charge is 0.312 e. The van der Waals surface area contributed by atoms with Crippen molar-refractivity contribution in [2.75, 3.05) is 19.6 Å². The van der Waals surface area contributed by atoms with Gasteiger partial charge in [0.1, 0.15) is 0 Å². The topological polar surface area (TPSA) is 62.3 Å². The number of nitrogens with zero attached hydrogens (tertiary/aromatic N) is 2. The van der Waals surface area contributed by atoms with Gasteiger partial charge in [-0.25, -0.2) is 13.4 Å². The smallest absolute Gasteiger partial charge is 0.260 e. The Kier molecular flexibility index (Phi) is 6.31. The van der Waals surface area contributed by atoms with Crippen molar-refractivity contribution in [2.24, 2.45) is 5.41 Å². The first-order valence-corrected chi connectivity index (χ1v) is 8.82. The van der Waals surface area contributed by atoms with Crippen molar-refractivity contribution in [3.8, 4) is 0 Å². The van der Waals surface area contributed by atoms with Gasteiger partial charge in [-0.1, -0.05) is 40.7 Å². The minimum atomic E-state index is -3.54. The van der Waals surface area contributed by atoms with Crippen molar-refractivity contribution in [3.05, 3.63) is 24.4 Å². The lowest BCUT2D eigenvalue weighted by atomic mass is 9.86. The molecule has 0 radical (unpaired) electrons. The van der Waals surface area contributed by atoms with Gasteiger partial charge in [-0.2, -0.15) is 4.31 Å². The summed E-state index contributed by atoms with van der Waals surface area (Å²) in [5.41, 5.74) is -0.0247. The Morgan fingerprint density at radius 3 is 2.38 bits per heavy atom. The molecule has 0 fully saturated rings. The van der Waals surface area contributed by atoms with Crippen LogP contribution in [0.25, 0.3) is 0 Å². The average Bonchev–Trinajstić information content (AvgIpc) is 2.43. The third-order valence-electron chi connectivity index (χ3n) is 3.48. The summed E-state index contributed by atoms with van der Waals surface area (Å²) in [6, 6.07) is 5.03. The van der Waals surface area contributed by atoms with Gasteiger partial charge in [0.15, 0.2) is 5.03 Å². The van der Waals surface area contributed by atoms with E-state index >= 15 is 0 Å². The monoisotopic (exact) mass is 313 g/mol. The summed E-state index contributed by atoms with van der Waals surface area (Å²) in [4.78, 5) is 3.98. The second-order valence-electron chi connectivity index (χ2n) is 6.10. The molecule has 0 saturated heterocycles. The lowest BCUT2D eigenvalue weighted by Crippen LogP contribution is -2.50. The molecule has 0 aromatic carbocycles. The Labute approximate surface area is 128 Å². The highest BCUT2D eigenvalue weighted by Crippen LogP contribution is 2.22. The van der Waals surface area contributed by atoms with Crippen molar-refractivity contribution in [1.82, 2.24) is 14.6 Å². The summed E-state index contributed by atoms with van der Waals surface area (Å²) in [7, 11) is -3.54. The zero-order valence-electron chi connectivity index (χ0n) is 13.6. The normalized spacial score (nSPS) is 14.4. The number of nitrogens with one attached hydrogen (secondary N) is 1. The van der Waals surface area contributed by atoms with Gasteiger partial charge in [0, 0.05) is 25.3 Å². The van der Waals surface area contributed by atoms with E-state index in [1.807, 2.05) is 13.8 Å². The maximum absolute atomic E-state index is 12.7. The van der Waals surface area contributed by atoms with Crippen LogP contribution in [0.5, 0.6) is 0 Å². The fourth-order valence-electron chi connectivity index (χ4n) is 2.12. The zero-order valence-corrected chi connectivity index (χ0v) is 14.4. The first-order chi connectivity index (χ1) is 9.73. The van der Waals surface area contributed by atoms with Gasteiger partial charge >= 0.3 is 0 Å². The number of rotatable bonds is 7. The summed E-state index contributed by atoms with van der Waals surface area (Å²) in [6.07, 6.45) is 1.51. The fraction of sp³-hybridized carbons (Fsp3) is 0.667. The number of hydrogen-bond acceptors (Lipinski definition) is 4. The third kappa shape index (κ3) is 4.76. The van der Waals surface area contributed by atoms with Crippen molar-refractivity contribution in [1.29, 1.82) is 0 Å². The number of aromatic nitrogens is 1. The Morgan fingerprint density at radius 1 is 1.29 bits per heavy atom. The van der Waals surface area contributed by atoms with E-state index in [9.17, 15) is 8.42 Å². The molecule has 120 valence electrons. The van der Waals surface area contributed by atoms with E-state index < -0.39 is 10.0 Å². The van der Waals surface area contributed by atoms with Crippen molar-refractivity contribution >= 4 is 10.0 Å². The minimum Gasteiger partial charge on any atom is -0.312 e. The van der Waals surface area contributed by atoms with E-state index in [4.69, 9.17) is 0 Å². The van der Waals surface area contributed by atoms with E-state index in [1.54, 1.807) is 12.1 Å². The number of pyridine rings is 1. The molecule has 1 atom stereocenters. The van der Waals surface area contributed by atoms with Crippen LogP contribution in [0.2, 0.25) is 0 Å². The van der Waals surface area contributed by atoms with Gasteiger partial charge in [-0.15, -0.1) is 0 Å². The molecule has 0 unspecified atom stereocenters. The molecule has 0 bridgehead atoms. The van der Waals surface area contributed by atoms with Gasteiger partial charge < -0.3 is 5.32 Å². The molecule has 6 heteroatoms. The van der Waals surface area contributed by atoms with Gasteiger partial charge in [-0.05, 0) is 24.1 Å². The zero-order chi connectivity index (χ0) is 16.1. The minimum absolute atomic E-state index is 0.0247. The van der Waals surface area contributed by atoms with Crippen LogP contribution in [-0.2, 0) is 10.0 Å². The predicted molar refractivity (Wildman–Crippen MR) is 85.6 cm³/mol. The molecule has 1 aromatic rings.